The molecule has 5 heteroatoms. The van der Waals surface area contributed by atoms with Crippen LogP contribution in [0.15, 0.2) is 18.3 Å². The molecule has 1 aliphatic heterocycles. The van der Waals surface area contributed by atoms with E-state index in [1.54, 1.807) is 4.90 Å². The van der Waals surface area contributed by atoms with Gasteiger partial charge in [0.1, 0.15) is 0 Å². The SMILES string of the molecule is Fc1cccnc1N1CCC(F)(F)CC1. The fourth-order valence-electron chi connectivity index (χ4n) is 1.66. The number of alkyl halides is 2. The number of hydrogen-bond acceptors (Lipinski definition) is 2. The Balaban J connectivity index is 2.11. The van der Waals surface area contributed by atoms with E-state index in [1.165, 1.54) is 18.3 Å². The maximum atomic E-state index is 13.3. The van der Waals surface area contributed by atoms with Crippen LogP contribution in [0.2, 0.25) is 0 Å². The highest BCUT2D eigenvalue weighted by atomic mass is 19.3. The average Bonchev–Trinajstić information content (AvgIpc) is 2.19. The molecule has 15 heavy (non-hydrogen) atoms. The zero-order valence-electron chi connectivity index (χ0n) is 8.09. The lowest BCUT2D eigenvalue weighted by Crippen LogP contribution is -2.40. The van der Waals surface area contributed by atoms with Crippen LogP contribution in [0, 0.1) is 5.82 Å². The third-order valence-electron chi connectivity index (χ3n) is 2.53. The van der Waals surface area contributed by atoms with E-state index in [4.69, 9.17) is 0 Å². The van der Waals surface area contributed by atoms with Gasteiger partial charge in [0, 0.05) is 32.1 Å². The summed E-state index contributed by atoms with van der Waals surface area (Å²) in [7, 11) is 0. The predicted octanol–water partition coefficient (Wildman–Crippen LogP) is 2.46. The molecule has 1 aromatic rings. The summed E-state index contributed by atoms with van der Waals surface area (Å²) in [5.74, 6) is -2.89. The summed E-state index contributed by atoms with van der Waals surface area (Å²) in [6, 6.07) is 2.77. The fourth-order valence-corrected chi connectivity index (χ4v) is 1.66. The van der Waals surface area contributed by atoms with Gasteiger partial charge in [0.05, 0.1) is 0 Å². The highest BCUT2D eigenvalue weighted by Crippen LogP contribution is 2.30. The molecule has 1 aliphatic rings. The van der Waals surface area contributed by atoms with Crippen LogP contribution in [-0.2, 0) is 0 Å². The Morgan fingerprint density at radius 2 is 1.93 bits per heavy atom. The third-order valence-corrected chi connectivity index (χ3v) is 2.53. The lowest BCUT2D eigenvalue weighted by atomic mass is 10.1. The second-order valence-corrected chi connectivity index (χ2v) is 3.65. The Kier molecular flexibility index (Phi) is 2.54. The van der Waals surface area contributed by atoms with Crippen molar-refractivity contribution in [2.24, 2.45) is 0 Å². The van der Waals surface area contributed by atoms with Crippen LogP contribution >= 0.6 is 0 Å². The van der Waals surface area contributed by atoms with Crippen molar-refractivity contribution in [3.05, 3.63) is 24.1 Å². The van der Waals surface area contributed by atoms with Crippen LogP contribution in [0.3, 0.4) is 0 Å². The van der Waals surface area contributed by atoms with Crippen molar-refractivity contribution in [1.29, 1.82) is 0 Å². The van der Waals surface area contributed by atoms with Crippen molar-refractivity contribution >= 4 is 5.82 Å². The van der Waals surface area contributed by atoms with Gasteiger partial charge in [-0.25, -0.2) is 18.2 Å². The molecule has 1 fully saturated rings. The third kappa shape index (κ3) is 2.22. The van der Waals surface area contributed by atoms with E-state index < -0.39 is 11.7 Å². The molecule has 2 rings (SSSR count). The zero-order chi connectivity index (χ0) is 10.9. The first-order valence-corrected chi connectivity index (χ1v) is 4.82. The number of pyridine rings is 1. The number of rotatable bonds is 1. The monoisotopic (exact) mass is 216 g/mol. The van der Waals surface area contributed by atoms with Gasteiger partial charge in [0.2, 0.25) is 0 Å². The predicted molar refractivity (Wildman–Crippen MR) is 50.6 cm³/mol. The average molecular weight is 216 g/mol. The molecule has 2 nitrogen and oxygen atoms in total. The zero-order valence-corrected chi connectivity index (χ0v) is 8.09. The Hall–Kier alpha value is -1.26. The molecular weight excluding hydrogens is 205 g/mol. The van der Waals surface area contributed by atoms with Crippen molar-refractivity contribution in [2.75, 3.05) is 18.0 Å². The molecule has 0 bridgehead atoms. The number of piperidine rings is 1. The molecule has 2 heterocycles. The normalized spacial score (nSPS) is 20.3. The first-order chi connectivity index (χ1) is 7.08. The van der Waals surface area contributed by atoms with Gasteiger partial charge in [-0.3, -0.25) is 0 Å². The Morgan fingerprint density at radius 3 is 2.53 bits per heavy atom. The number of hydrogen-bond donors (Lipinski definition) is 0. The summed E-state index contributed by atoms with van der Waals surface area (Å²) < 4.78 is 39.0. The van der Waals surface area contributed by atoms with E-state index >= 15 is 0 Å². The van der Waals surface area contributed by atoms with E-state index in [-0.39, 0.29) is 31.7 Å². The number of aromatic nitrogens is 1. The van der Waals surface area contributed by atoms with Gasteiger partial charge in [-0.15, -0.1) is 0 Å². The largest absolute Gasteiger partial charge is 0.354 e. The molecule has 0 amide bonds. The molecule has 0 spiro atoms. The molecule has 0 aromatic carbocycles. The van der Waals surface area contributed by atoms with Crippen LogP contribution in [0.5, 0.6) is 0 Å². The maximum absolute atomic E-state index is 13.3. The summed E-state index contributed by atoms with van der Waals surface area (Å²) in [5, 5.41) is 0. The van der Waals surface area contributed by atoms with E-state index in [0.29, 0.717) is 0 Å². The van der Waals surface area contributed by atoms with Crippen molar-refractivity contribution in [3.8, 4) is 0 Å². The highest BCUT2D eigenvalue weighted by molar-refractivity contribution is 5.40. The molecule has 0 N–H and O–H groups in total. The number of anilines is 1. The van der Waals surface area contributed by atoms with Crippen molar-refractivity contribution in [1.82, 2.24) is 4.98 Å². The Morgan fingerprint density at radius 1 is 1.27 bits per heavy atom. The summed E-state index contributed by atoms with van der Waals surface area (Å²) in [6.07, 6.45) is 0.997. The molecule has 0 atom stereocenters. The molecule has 0 radical (unpaired) electrons. The van der Waals surface area contributed by atoms with Crippen molar-refractivity contribution < 1.29 is 13.2 Å². The number of halogens is 3. The van der Waals surface area contributed by atoms with Crippen LogP contribution in [0.25, 0.3) is 0 Å². The quantitative estimate of drug-likeness (QED) is 0.716. The van der Waals surface area contributed by atoms with Gasteiger partial charge in [0.15, 0.2) is 11.6 Å². The fraction of sp³-hybridized carbons (Fsp3) is 0.500. The van der Waals surface area contributed by atoms with Crippen LogP contribution < -0.4 is 4.90 Å². The molecule has 0 saturated carbocycles. The summed E-state index contributed by atoms with van der Waals surface area (Å²) in [6.45, 7) is 0.307. The molecule has 0 aliphatic carbocycles. The molecule has 82 valence electrons. The minimum absolute atomic E-state index is 0.154. The standard InChI is InChI=1S/C10H11F3N2/c11-8-2-1-5-14-9(8)15-6-3-10(12,13)4-7-15/h1-2,5H,3-4,6-7H2. The molecule has 1 aromatic heterocycles. The van der Waals surface area contributed by atoms with E-state index in [9.17, 15) is 13.2 Å². The summed E-state index contributed by atoms with van der Waals surface area (Å²) in [5.41, 5.74) is 0. The summed E-state index contributed by atoms with van der Waals surface area (Å²) in [4.78, 5) is 5.42. The van der Waals surface area contributed by atoms with Gasteiger partial charge in [-0.1, -0.05) is 0 Å². The van der Waals surface area contributed by atoms with Gasteiger partial charge in [-0.2, -0.15) is 0 Å². The van der Waals surface area contributed by atoms with E-state index in [2.05, 4.69) is 4.98 Å². The second kappa shape index (κ2) is 3.72. The smallest absolute Gasteiger partial charge is 0.251 e. The topological polar surface area (TPSA) is 16.1 Å². The van der Waals surface area contributed by atoms with Crippen molar-refractivity contribution in [2.45, 2.75) is 18.8 Å². The summed E-state index contributed by atoms with van der Waals surface area (Å²) >= 11 is 0. The van der Waals surface area contributed by atoms with Crippen LogP contribution in [-0.4, -0.2) is 24.0 Å². The minimum atomic E-state index is -2.61. The second-order valence-electron chi connectivity index (χ2n) is 3.65. The maximum Gasteiger partial charge on any atom is 0.251 e. The molecular formula is C10H11F3N2. The van der Waals surface area contributed by atoms with Gasteiger partial charge >= 0.3 is 0 Å². The first kappa shape index (κ1) is 10.3. The van der Waals surface area contributed by atoms with Crippen LogP contribution in [0.1, 0.15) is 12.8 Å². The Labute approximate surface area is 85.7 Å². The lowest BCUT2D eigenvalue weighted by Gasteiger charge is -2.32. The highest BCUT2D eigenvalue weighted by Gasteiger charge is 2.34. The van der Waals surface area contributed by atoms with Crippen LogP contribution in [0.4, 0.5) is 19.0 Å². The van der Waals surface area contributed by atoms with Gasteiger partial charge in [-0.05, 0) is 12.1 Å². The van der Waals surface area contributed by atoms with Gasteiger partial charge in [0.25, 0.3) is 5.92 Å². The van der Waals surface area contributed by atoms with Gasteiger partial charge < -0.3 is 4.90 Å². The van der Waals surface area contributed by atoms with E-state index in [0.717, 1.165) is 0 Å². The lowest BCUT2D eigenvalue weighted by molar-refractivity contribution is -0.0222. The van der Waals surface area contributed by atoms with E-state index in [1.807, 2.05) is 0 Å². The first-order valence-electron chi connectivity index (χ1n) is 4.82. The molecule has 0 unspecified atom stereocenters. The number of nitrogens with zero attached hydrogens (tertiary/aromatic N) is 2. The van der Waals surface area contributed by atoms with Crippen molar-refractivity contribution in [3.63, 3.8) is 0 Å². The molecule has 1 saturated heterocycles. The Bertz CT molecular complexity index is 344. The minimum Gasteiger partial charge on any atom is -0.354 e.